The minimum atomic E-state index is 0.0264. The second kappa shape index (κ2) is 6.85. The summed E-state index contributed by atoms with van der Waals surface area (Å²) in [6.45, 7) is 3.62. The van der Waals surface area contributed by atoms with Gasteiger partial charge in [-0.25, -0.2) is 0 Å². The average Bonchev–Trinajstić information content (AvgIpc) is 2.75. The van der Waals surface area contributed by atoms with Gasteiger partial charge in [-0.3, -0.25) is 4.79 Å². The molecular weight excluding hydrogens is 230 g/mol. The van der Waals surface area contributed by atoms with E-state index in [2.05, 4.69) is 6.92 Å². The fourth-order valence-corrected chi connectivity index (χ4v) is 2.20. The second-order valence-electron chi connectivity index (χ2n) is 3.38. The van der Waals surface area contributed by atoms with Crippen LogP contribution in [0.4, 0.5) is 0 Å². The Kier molecular flexibility index (Phi) is 5.73. The molecule has 0 aliphatic carbocycles. The van der Waals surface area contributed by atoms with E-state index in [1.165, 1.54) is 4.88 Å². The van der Waals surface area contributed by atoms with Crippen LogP contribution < -0.4 is 0 Å². The van der Waals surface area contributed by atoms with E-state index >= 15 is 0 Å². The lowest BCUT2D eigenvalue weighted by Crippen LogP contribution is -2.32. The highest BCUT2D eigenvalue weighted by Gasteiger charge is 2.12. The molecule has 1 rings (SSSR count). The number of unbranched alkanes of at least 4 members (excludes halogenated alkanes) is 1. The molecule has 1 aromatic heterocycles. The van der Waals surface area contributed by atoms with Crippen LogP contribution in [0.5, 0.6) is 0 Å². The molecule has 0 spiro atoms. The molecule has 0 unspecified atom stereocenters. The summed E-state index contributed by atoms with van der Waals surface area (Å²) in [5.74, 6) is 0.105. The maximum atomic E-state index is 11.5. The van der Waals surface area contributed by atoms with Crippen LogP contribution in [0.25, 0.3) is 0 Å². The van der Waals surface area contributed by atoms with Crippen LogP contribution in [-0.2, 0) is 11.3 Å². The Hall–Kier alpha value is -0.540. The van der Waals surface area contributed by atoms with Crippen molar-refractivity contribution in [1.29, 1.82) is 0 Å². The number of alkyl halides is 1. The quantitative estimate of drug-likeness (QED) is 0.706. The van der Waals surface area contributed by atoms with Crippen LogP contribution in [0.2, 0.25) is 0 Å². The van der Waals surface area contributed by atoms with Gasteiger partial charge in [0.15, 0.2) is 0 Å². The molecule has 0 atom stereocenters. The molecular formula is C11H16ClNOS. The van der Waals surface area contributed by atoms with E-state index < -0.39 is 0 Å². The lowest BCUT2D eigenvalue weighted by atomic mass is 10.3. The summed E-state index contributed by atoms with van der Waals surface area (Å²) in [5, 5.41) is 2.03. The summed E-state index contributed by atoms with van der Waals surface area (Å²) >= 11 is 7.25. The molecule has 0 aliphatic heterocycles. The monoisotopic (exact) mass is 245 g/mol. The lowest BCUT2D eigenvalue weighted by molar-refractivity contribution is -0.129. The Balaban J connectivity index is 2.52. The number of nitrogens with zero attached hydrogens (tertiary/aromatic N) is 1. The normalized spacial score (nSPS) is 10.3. The first kappa shape index (κ1) is 12.5. The largest absolute Gasteiger partial charge is 0.337 e. The Morgan fingerprint density at radius 2 is 2.40 bits per heavy atom. The SMILES string of the molecule is CCCCN(Cc1cccs1)C(=O)CCl. The predicted molar refractivity (Wildman–Crippen MR) is 65.4 cm³/mol. The molecule has 15 heavy (non-hydrogen) atoms. The van der Waals surface area contributed by atoms with Crippen molar-refractivity contribution in [2.45, 2.75) is 26.3 Å². The van der Waals surface area contributed by atoms with Crippen LogP contribution in [0.1, 0.15) is 24.6 Å². The van der Waals surface area contributed by atoms with E-state index in [9.17, 15) is 4.79 Å². The van der Waals surface area contributed by atoms with Gasteiger partial charge < -0.3 is 4.90 Å². The standard InChI is InChI=1S/C11H16ClNOS/c1-2-3-6-13(11(14)8-12)9-10-5-4-7-15-10/h4-5,7H,2-3,6,8-9H2,1H3. The first-order valence-corrected chi connectivity index (χ1v) is 6.55. The molecule has 0 aliphatic rings. The number of carbonyl (C=O) groups is 1. The molecule has 1 heterocycles. The molecule has 2 nitrogen and oxygen atoms in total. The zero-order valence-electron chi connectivity index (χ0n) is 8.91. The van der Waals surface area contributed by atoms with Gasteiger partial charge in [0.05, 0.1) is 6.54 Å². The lowest BCUT2D eigenvalue weighted by Gasteiger charge is -2.20. The number of carbonyl (C=O) groups excluding carboxylic acids is 1. The Labute approximate surface area is 99.9 Å². The highest BCUT2D eigenvalue weighted by atomic mass is 35.5. The van der Waals surface area contributed by atoms with Crippen LogP contribution in [0, 0.1) is 0 Å². The van der Waals surface area contributed by atoms with E-state index in [0.717, 1.165) is 19.4 Å². The third kappa shape index (κ3) is 4.22. The minimum Gasteiger partial charge on any atom is -0.337 e. The van der Waals surface area contributed by atoms with Gasteiger partial charge in [-0.15, -0.1) is 22.9 Å². The molecule has 0 radical (unpaired) electrons. The van der Waals surface area contributed by atoms with Crippen molar-refractivity contribution in [2.75, 3.05) is 12.4 Å². The third-order valence-electron chi connectivity index (χ3n) is 2.18. The molecule has 0 bridgehead atoms. The van der Waals surface area contributed by atoms with Gasteiger partial charge in [-0.05, 0) is 17.9 Å². The van der Waals surface area contributed by atoms with E-state index in [4.69, 9.17) is 11.6 Å². The van der Waals surface area contributed by atoms with Crippen molar-refractivity contribution < 1.29 is 4.79 Å². The summed E-state index contributed by atoms with van der Waals surface area (Å²) in [7, 11) is 0. The van der Waals surface area contributed by atoms with Crippen molar-refractivity contribution in [2.24, 2.45) is 0 Å². The van der Waals surface area contributed by atoms with Gasteiger partial charge >= 0.3 is 0 Å². The van der Waals surface area contributed by atoms with Gasteiger partial charge in [-0.1, -0.05) is 19.4 Å². The number of hydrogen-bond donors (Lipinski definition) is 0. The Morgan fingerprint density at radius 3 is 2.93 bits per heavy atom. The van der Waals surface area contributed by atoms with Crippen molar-refractivity contribution in [3.63, 3.8) is 0 Å². The van der Waals surface area contributed by atoms with Crippen molar-refractivity contribution in [3.05, 3.63) is 22.4 Å². The minimum absolute atomic E-state index is 0.0264. The molecule has 84 valence electrons. The van der Waals surface area contributed by atoms with Crippen molar-refractivity contribution in [3.8, 4) is 0 Å². The molecule has 0 fully saturated rings. The number of hydrogen-bond acceptors (Lipinski definition) is 2. The number of amides is 1. The molecule has 0 saturated heterocycles. The van der Waals surface area contributed by atoms with Crippen LogP contribution in [-0.4, -0.2) is 23.2 Å². The first-order chi connectivity index (χ1) is 7.27. The van der Waals surface area contributed by atoms with Gasteiger partial charge in [0, 0.05) is 11.4 Å². The topological polar surface area (TPSA) is 20.3 Å². The molecule has 0 aromatic carbocycles. The second-order valence-corrected chi connectivity index (χ2v) is 4.68. The average molecular weight is 246 g/mol. The molecule has 1 amide bonds. The van der Waals surface area contributed by atoms with Gasteiger partial charge in [0.1, 0.15) is 5.88 Å². The summed E-state index contributed by atoms with van der Waals surface area (Å²) in [6, 6.07) is 4.05. The van der Waals surface area contributed by atoms with Crippen molar-refractivity contribution >= 4 is 28.8 Å². The number of rotatable bonds is 6. The van der Waals surface area contributed by atoms with E-state index in [1.807, 2.05) is 22.4 Å². The molecule has 0 saturated carbocycles. The fraction of sp³-hybridized carbons (Fsp3) is 0.545. The molecule has 4 heteroatoms. The maximum Gasteiger partial charge on any atom is 0.237 e. The zero-order chi connectivity index (χ0) is 11.1. The summed E-state index contributed by atoms with van der Waals surface area (Å²) in [5.41, 5.74) is 0. The highest BCUT2D eigenvalue weighted by molar-refractivity contribution is 7.09. The molecule has 1 aromatic rings. The van der Waals surface area contributed by atoms with Gasteiger partial charge in [0.25, 0.3) is 0 Å². The van der Waals surface area contributed by atoms with Gasteiger partial charge in [0.2, 0.25) is 5.91 Å². The van der Waals surface area contributed by atoms with Crippen LogP contribution >= 0.6 is 22.9 Å². The van der Waals surface area contributed by atoms with Gasteiger partial charge in [-0.2, -0.15) is 0 Å². The Morgan fingerprint density at radius 1 is 1.60 bits per heavy atom. The number of thiophene rings is 1. The first-order valence-electron chi connectivity index (χ1n) is 5.14. The molecule has 0 N–H and O–H groups in total. The highest BCUT2D eigenvalue weighted by Crippen LogP contribution is 2.12. The fourth-order valence-electron chi connectivity index (χ4n) is 1.32. The van der Waals surface area contributed by atoms with E-state index in [-0.39, 0.29) is 11.8 Å². The predicted octanol–water partition coefficient (Wildman–Crippen LogP) is 3.12. The smallest absolute Gasteiger partial charge is 0.237 e. The third-order valence-corrected chi connectivity index (χ3v) is 3.27. The zero-order valence-corrected chi connectivity index (χ0v) is 10.5. The van der Waals surface area contributed by atoms with Crippen molar-refractivity contribution in [1.82, 2.24) is 4.90 Å². The Bertz CT molecular complexity index is 287. The van der Waals surface area contributed by atoms with Crippen LogP contribution in [0.3, 0.4) is 0 Å². The summed E-state index contributed by atoms with van der Waals surface area (Å²) < 4.78 is 0. The number of halogens is 1. The maximum absolute atomic E-state index is 11.5. The van der Waals surface area contributed by atoms with E-state index in [0.29, 0.717) is 6.54 Å². The summed E-state index contributed by atoms with van der Waals surface area (Å²) in [4.78, 5) is 14.6. The van der Waals surface area contributed by atoms with Crippen LogP contribution in [0.15, 0.2) is 17.5 Å². The van der Waals surface area contributed by atoms with E-state index in [1.54, 1.807) is 11.3 Å². The summed E-state index contributed by atoms with van der Waals surface area (Å²) in [6.07, 6.45) is 2.13.